The molecular weight excluding hydrogens is 334 g/mol. The monoisotopic (exact) mass is 357 g/mol. The van der Waals surface area contributed by atoms with Gasteiger partial charge in [-0.25, -0.2) is 0 Å². The van der Waals surface area contributed by atoms with Crippen molar-refractivity contribution in [3.8, 4) is 5.75 Å². The number of hydrogen-bond acceptors (Lipinski definition) is 4. The molecule has 1 saturated heterocycles. The lowest BCUT2D eigenvalue weighted by Gasteiger charge is -2.22. The van der Waals surface area contributed by atoms with Crippen LogP contribution in [-0.2, 0) is 16.0 Å². The van der Waals surface area contributed by atoms with E-state index in [2.05, 4.69) is 33.4 Å². The molecule has 0 aromatic heterocycles. The fourth-order valence-electron chi connectivity index (χ4n) is 2.30. The molecule has 0 aliphatic carbocycles. The minimum atomic E-state index is 0.612. The van der Waals surface area contributed by atoms with Crippen LogP contribution in [0, 0.1) is 5.92 Å². The maximum Gasteiger partial charge on any atom is 0.133 e. The quantitative estimate of drug-likeness (QED) is 0.726. The van der Waals surface area contributed by atoms with Gasteiger partial charge in [-0.2, -0.15) is 0 Å². The second-order valence-electron chi connectivity index (χ2n) is 5.30. The smallest absolute Gasteiger partial charge is 0.133 e. The van der Waals surface area contributed by atoms with E-state index >= 15 is 0 Å². The van der Waals surface area contributed by atoms with Crippen LogP contribution in [0.1, 0.15) is 18.4 Å². The molecule has 0 bridgehead atoms. The van der Waals surface area contributed by atoms with Crippen LogP contribution in [-0.4, -0.2) is 40.1 Å². The molecule has 1 aliphatic rings. The molecule has 1 aromatic carbocycles. The summed E-state index contributed by atoms with van der Waals surface area (Å²) in [5, 5.41) is 3.33. The van der Waals surface area contributed by atoms with Gasteiger partial charge in [0.25, 0.3) is 0 Å². The second-order valence-corrected chi connectivity index (χ2v) is 6.16. The summed E-state index contributed by atoms with van der Waals surface area (Å²) in [6.07, 6.45) is 2.19. The highest BCUT2D eigenvalue weighted by molar-refractivity contribution is 9.10. The van der Waals surface area contributed by atoms with E-state index < -0.39 is 0 Å². The largest absolute Gasteiger partial charge is 0.492 e. The van der Waals surface area contributed by atoms with Crippen molar-refractivity contribution < 1.29 is 14.2 Å². The number of rotatable bonds is 8. The van der Waals surface area contributed by atoms with Crippen molar-refractivity contribution in [3.05, 3.63) is 28.2 Å². The second kappa shape index (κ2) is 9.41. The number of hydrogen-bond donors (Lipinski definition) is 1. The van der Waals surface area contributed by atoms with E-state index in [1.165, 1.54) is 5.56 Å². The number of nitrogens with one attached hydrogen (secondary N) is 1. The predicted molar refractivity (Wildman–Crippen MR) is 86.8 cm³/mol. The Hall–Kier alpha value is -0.620. The van der Waals surface area contributed by atoms with Gasteiger partial charge in [0.15, 0.2) is 0 Å². The van der Waals surface area contributed by atoms with E-state index in [-0.39, 0.29) is 0 Å². The summed E-state index contributed by atoms with van der Waals surface area (Å²) in [7, 11) is 1.71. The number of benzene rings is 1. The topological polar surface area (TPSA) is 39.7 Å². The summed E-state index contributed by atoms with van der Waals surface area (Å²) >= 11 is 3.59. The van der Waals surface area contributed by atoms with Gasteiger partial charge in [-0.1, -0.05) is 6.07 Å². The summed E-state index contributed by atoms with van der Waals surface area (Å²) in [6.45, 7) is 4.92. The Bertz CT molecular complexity index is 422. The summed E-state index contributed by atoms with van der Waals surface area (Å²) in [5.74, 6) is 1.53. The van der Waals surface area contributed by atoms with E-state index in [4.69, 9.17) is 14.2 Å². The van der Waals surface area contributed by atoms with E-state index in [0.717, 1.165) is 62.6 Å². The van der Waals surface area contributed by atoms with Gasteiger partial charge in [0, 0.05) is 33.4 Å². The van der Waals surface area contributed by atoms with Crippen LogP contribution in [0.25, 0.3) is 0 Å². The molecule has 0 atom stereocenters. The summed E-state index contributed by atoms with van der Waals surface area (Å²) < 4.78 is 17.3. The Morgan fingerprint density at radius 1 is 1.33 bits per heavy atom. The normalized spacial score (nSPS) is 16.1. The molecule has 2 rings (SSSR count). The van der Waals surface area contributed by atoms with Crippen LogP contribution in [0.3, 0.4) is 0 Å². The summed E-state index contributed by atoms with van der Waals surface area (Å²) in [5.41, 5.74) is 1.23. The molecule has 0 saturated carbocycles. The van der Waals surface area contributed by atoms with Crippen LogP contribution in [0.15, 0.2) is 22.7 Å². The van der Waals surface area contributed by atoms with Gasteiger partial charge >= 0.3 is 0 Å². The molecule has 4 nitrogen and oxygen atoms in total. The fourth-order valence-corrected chi connectivity index (χ4v) is 2.84. The van der Waals surface area contributed by atoms with Crippen LogP contribution in [0.5, 0.6) is 5.75 Å². The average Bonchev–Trinajstić information content (AvgIpc) is 2.52. The minimum Gasteiger partial charge on any atom is -0.492 e. The zero-order valence-electron chi connectivity index (χ0n) is 12.6. The van der Waals surface area contributed by atoms with Crippen LogP contribution >= 0.6 is 15.9 Å². The third-order valence-electron chi connectivity index (χ3n) is 3.62. The van der Waals surface area contributed by atoms with E-state index in [1.807, 2.05) is 6.07 Å². The van der Waals surface area contributed by atoms with Crippen LogP contribution in [0.4, 0.5) is 0 Å². The zero-order chi connectivity index (χ0) is 14.9. The van der Waals surface area contributed by atoms with Gasteiger partial charge in [-0.3, -0.25) is 0 Å². The lowest BCUT2D eigenvalue weighted by atomic mass is 10.0. The minimum absolute atomic E-state index is 0.612. The molecule has 1 aliphatic heterocycles. The molecule has 0 spiro atoms. The van der Waals surface area contributed by atoms with Gasteiger partial charge in [0.1, 0.15) is 5.75 Å². The van der Waals surface area contributed by atoms with Crippen molar-refractivity contribution in [2.75, 3.05) is 40.1 Å². The maximum atomic E-state index is 5.93. The highest BCUT2D eigenvalue weighted by Crippen LogP contribution is 2.27. The first-order valence-corrected chi connectivity index (χ1v) is 8.27. The molecule has 0 unspecified atom stereocenters. The molecule has 118 valence electrons. The molecule has 1 N–H and O–H groups in total. The third-order valence-corrected chi connectivity index (χ3v) is 4.24. The molecule has 1 aromatic rings. The first-order valence-electron chi connectivity index (χ1n) is 7.48. The van der Waals surface area contributed by atoms with Gasteiger partial charge in [-0.05, 0) is 52.4 Å². The first-order chi connectivity index (χ1) is 10.3. The van der Waals surface area contributed by atoms with E-state index in [0.29, 0.717) is 5.92 Å². The zero-order valence-corrected chi connectivity index (χ0v) is 14.2. The highest BCUT2D eigenvalue weighted by atomic mass is 79.9. The van der Waals surface area contributed by atoms with Crippen molar-refractivity contribution in [2.45, 2.75) is 19.4 Å². The third kappa shape index (κ3) is 5.94. The predicted octanol–water partition coefficient (Wildman–Crippen LogP) is 2.99. The summed E-state index contributed by atoms with van der Waals surface area (Å²) in [6, 6.07) is 6.25. The number of methoxy groups -OCH3 is 1. The first kappa shape index (κ1) is 16.7. The van der Waals surface area contributed by atoms with Gasteiger partial charge < -0.3 is 19.5 Å². The van der Waals surface area contributed by atoms with Gasteiger partial charge in [-0.15, -0.1) is 0 Å². The standard InChI is InChI=1S/C16H24BrNO3/c1-19-9-6-18-11-14-2-3-16(15(17)10-14)21-12-13-4-7-20-8-5-13/h2-3,10,13,18H,4-9,11-12H2,1H3. The van der Waals surface area contributed by atoms with Crippen molar-refractivity contribution >= 4 is 15.9 Å². The number of halogens is 1. The summed E-state index contributed by atoms with van der Waals surface area (Å²) in [4.78, 5) is 0. The Morgan fingerprint density at radius 3 is 2.86 bits per heavy atom. The molecule has 1 fully saturated rings. The molecule has 0 amide bonds. The van der Waals surface area contributed by atoms with Crippen LogP contribution in [0.2, 0.25) is 0 Å². The highest BCUT2D eigenvalue weighted by Gasteiger charge is 2.15. The fraction of sp³-hybridized carbons (Fsp3) is 0.625. The molecule has 1 heterocycles. The SMILES string of the molecule is COCCNCc1ccc(OCC2CCOCC2)c(Br)c1. The van der Waals surface area contributed by atoms with E-state index in [1.54, 1.807) is 7.11 Å². The maximum absolute atomic E-state index is 5.93. The van der Waals surface area contributed by atoms with Crippen LogP contribution < -0.4 is 10.1 Å². The lowest BCUT2D eigenvalue weighted by molar-refractivity contribution is 0.0496. The van der Waals surface area contributed by atoms with E-state index in [9.17, 15) is 0 Å². The molecule has 0 radical (unpaired) electrons. The van der Waals surface area contributed by atoms with Crippen molar-refractivity contribution in [1.29, 1.82) is 0 Å². The lowest BCUT2D eigenvalue weighted by Crippen LogP contribution is -2.21. The number of ether oxygens (including phenoxy) is 3. The van der Waals surface area contributed by atoms with Crippen molar-refractivity contribution in [3.63, 3.8) is 0 Å². The van der Waals surface area contributed by atoms with Gasteiger partial charge in [0.05, 0.1) is 17.7 Å². The Morgan fingerprint density at radius 2 is 2.14 bits per heavy atom. The molecular formula is C16H24BrNO3. The Balaban J connectivity index is 1.78. The Labute approximate surface area is 135 Å². The van der Waals surface area contributed by atoms with Crippen molar-refractivity contribution in [2.24, 2.45) is 5.92 Å². The average molecular weight is 358 g/mol. The molecule has 5 heteroatoms. The Kier molecular flexibility index (Phi) is 7.50. The van der Waals surface area contributed by atoms with Gasteiger partial charge in [0.2, 0.25) is 0 Å². The molecule has 21 heavy (non-hydrogen) atoms. The van der Waals surface area contributed by atoms with Crippen molar-refractivity contribution in [1.82, 2.24) is 5.32 Å².